The van der Waals surface area contributed by atoms with Crippen molar-refractivity contribution in [2.45, 2.75) is 32.8 Å². The van der Waals surface area contributed by atoms with Crippen molar-refractivity contribution < 1.29 is 18.3 Å². The van der Waals surface area contributed by atoms with Gasteiger partial charge in [0.15, 0.2) is 0 Å². The highest BCUT2D eigenvalue weighted by molar-refractivity contribution is 5.67. The summed E-state index contributed by atoms with van der Waals surface area (Å²) >= 11 is 0. The topological polar surface area (TPSA) is 32.8 Å². The van der Waals surface area contributed by atoms with Crippen LogP contribution in [0, 0.1) is 0 Å². The summed E-state index contributed by atoms with van der Waals surface area (Å²) in [6, 6.07) is 0. The van der Waals surface area contributed by atoms with Crippen molar-refractivity contribution in [1.82, 2.24) is 9.80 Å². The first-order valence-corrected chi connectivity index (χ1v) is 5.52. The molecule has 0 fully saturated rings. The van der Waals surface area contributed by atoms with Crippen molar-refractivity contribution >= 4 is 6.09 Å². The van der Waals surface area contributed by atoms with Crippen LogP contribution in [0.25, 0.3) is 0 Å². The van der Waals surface area contributed by atoms with Crippen molar-refractivity contribution in [3.8, 4) is 0 Å². The number of carbonyl (C=O) groups is 1. The van der Waals surface area contributed by atoms with Gasteiger partial charge in [-0.05, 0) is 27.8 Å². The summed E-state index contributed by atoms with van der Waals surface area (Å²) < 4.78 is 29.2. The molecule has 0 atom stereocenters. The van der Waals surface area contributed by atoms with Crippen molar-refractivity contribution in [3.63, 3.8) is 0 Å². The second-order valence-electron chi connectivity index (χ2n) is 5.06. The Morgan fingerprint density at radius 3 is 2.18 bits per heavy atom. The zero-order valence-electron chi connectivity index (χ0n) is 11.2. The van der Waals surface area contributed by atoms with Gasteiger partial charge in [0.25, 0.3) is 6.43 Å². The quantitative estimate of drug-likeness (QED) is 0.750. The molecule has 0 aromatic heterocycles. The zero-order valence-corrected chi connectivity index (χ0v) is 11.2. The van der Waals surface area contributed by atoms with E-state index in [9.17, 15) is 13.6 Å². The molecule has 0 N–H and O–H groups in total. The molecule has 0 aliphatic heterocycles. The molecule has 0 bridgehead atoms. The maximum atomic E-state index is 12.0. The smallest absolute Gasteiger partial charge is 0.410 e. The van der Waals surface area contributed by atoms with Crippen molar-refractivity contribution in [1.29, 1.82) is 0 Å². The van der Waals surface area contributed by atoms with Gasteiger partial charge in [-0.2, -0.15) is 0 Å². The summed E-state index contributed by atoms with van der Waals surface area (Å²) in [7, 11) is 3.18. The molecule has 0 saturated heterocycles. The number of likely N-dealkylation sites (N-methyl/N-ethyl adjacent to an activating group) is 2. The molecule has 0 rings (SSSR count). The Bertz CT molecular complexity index is 242. The lowest BCUT2D eigenvalue weighted by molar-refractivity contribution is 0.0276. The minimum atomic E-state index is -2.35. The Labute approximate surface area is 102 Å². The van der Waals surface area contributed by atoms with Gasteiger partial charge in [0.1, 0.15) is 5.60 Å². The third kappa shape index (κ3) is 8.85. The summed E-state index contributed by atoms with van der Waals surface area (Å²) in [5, 5.41) is 0. The van der Waals surface area contributed by atoms with E-state index < -0.39 is 18.1 Å². The van der Waals surface area contributed by atoms with Crippen molar-refractivity contribution in [3.05, 3.63) is 0 Å². The molecule has 4 nitrogen and oxygen atoms in total. The first kappa shape index (κ1) is 16.1. The molecule has 6 heteroatoms. The van der Waals surface area contributed by atoms with Gasteiger partial charge in [0.05, 0.1) is 6.54 Å². The van der Waals surface area contributed by atoms with E-state index in [2.05, 4.69) is 0 Å². The van der Waals surface area contributed by atoms with Crippen molar-refractivity contribution in [2.75, 3.05) is 33.7 Å². The van der Waals surface area contributed by atoms with Gasteiger partial charge < -0.3 is 9.64 Å². The Morgan fingerprint density at radius 2 is 1.76 bits per heavy atom. The van der Waals surface area contributed by atoms with E-state index in [4.69, 9.17) is 4.74 Å². The number of amides is 1. The average Bonchev–Trinajstić information content (AvgIpc) is 2.10. The van der Waals surface area contributed by atoms with Gasteiger partial charge in [0.2, 0.25) is 0 Å². The highest BCUT2D eigenvalue weighted by Crippen LogP contribution is 2.08. The van der Waals surface area contributed by atoms with E-state index in [1.807, 2.05) is 0 Å². The predicted molar refractivity (Wildman–Crippen MR) is 62.4 cm³/mol. The second-order valence-corrected chi connectivity index (χ2v) is 5.06. The third-order valence-electron chi connectivity index (χ3n) is 1.97. The third-order valence-corrected chi connectivity index (χ3v) is 1.97. The number of rotatable bonds is 5. The number of hydrogen-bond donors (Lipinski definition) is 0. The van der Waals surface area contributed by atoms with Crippen LogP contribution in [-0.2, 0) is 4.74 Å². The minimum Gasteiger partial charge on any atom is -0.444 e. The van der Waals surface area contributed by atoms with Gasteiger partial charge in [-0.15, -0.1) is 0 Å². The molecule has 0 aromatic carbocycles. The van der Waals surface area contributed by atoms with Crippen LogP contribution in [-0.4, -0.2) is 61.6 Å². The van der Waals surface area contributed by atoms with E-state index in [1.54, 1.807) is 34.9 Å². The lowest BCUT2D eigenvalue weighted by Crippen LogP contribution is -2.39. The molecule has 0 aromatic rings. The van der Waals surface area contributed by atoms with E-state index in [1.165, 1.54) is 9.80 Å². The van der Waals surface area contributed by atoms with E-state index in [0.717, 1.165) is 0 Å². The molecule has 1 amide bonds. The molecular weight excluding hydrogens is 230 g/mol. The number of halogens is 2. The van der Waals surface area contributed by atoms with Gasteiger partial charge in [-0.25, -0.2) is 13.6 Å². The molecule has 0 spiro atoms. The van der Waals surface area contributed by atoms with Crippen LogP contribution in [0.1, 0.15) is 20.8 Å². The number of nitrogens with zero attached hydrogens (tertiary/aromatic N) is 2. The van der Waals surface area contributed by atoms with E-state index >= 15 is 0 Å². The molecule has 0 aliphatic carbocycles. The van der Waals surface area contributed by atoms with Crippen LogP contribution in [0.4, 0.5) is 13.6 Å². The summed E-state index contributed by atoms with van der Waals surface area (Å²) in [6.45, 7) is 5.80. The minimum absolute atomic E-state index is 0.290. The second kappa shape index (κ2) is 6.74. The molecule has 0 aliphatic rings. The average molecular weight is 252 g/mol. The molecule has 0 unspecified atom stereocenters. The summed E-state index contributed by atoms with van der Waals surface area (Å²) in [6.07, 6.45) is -2.80. The molecule has 0 radical (unpaired) electrons. The van der Waals surface area contributed by atoms with Gasteiger partial charge in [-0.1, -0.05) is 0 Å². The van der Waals surface area contributed by atoms with Gasteiger partial charge >= 0.3 is 6.09 Å². The maximum absolute atomic E-state index is 12.0. The Morgan fingerprint density at radius 1 is 1.24 bits per heavy atom. The molecule has 0 heterocycles. The van der Waals surface area contributed by atoms with Crippen LogP contribution in [0.5, 0.6) is 0 Å². The Hall–Kier alpha value is -0.910. The zero-order chi connectivity index (χ0) is 13.6. The van der Waals surface area contributed by atoms with E-state index in [0.29, 0.717) is 13.1 Å². The van der Waals surface area contributed by atoms with Crippen LogP contribution >= 0.6 is 0 Å². The number of ether oxygens (including phenoxy) is 1. The first-order chi connectivity index (χ1) is 7.61. The van der Waals surface area contributed by atoms with Crippen LogP contribution in [0.2, 0.25) is 0 Å². The highest BCUT2D eigenvalue weighted by atomic mass is 19.3. The predicted octanol–water partition coefficient (Wildman–Crippen LogP) is 2.05. The maximum Gasteiger partial charge on any atom is 0.410 e. The fourth-order valence-corrected chi connectivity index (χ4v) is 1.08. The summed E-state index contributed by atoms with van der Waals surface area (Å²) in [4.78, 5) is 14.4. The SMILES string of the molecule is CN(CCN(C)C(=O)OC(C)(C)C)CC(F)F. The van der Waals surface area contributed by atoms with Crippen molar-refractivity contribution in [2.24, 2.45) is 0 Å². The van der Waals surface area contributed by atoms with Crippen LogP contribution in [0.3, 0.4) is 0 Å². The number of hydrogen-bond acceptors (Lipinski definition) is 3. The summed E-state index contributed by atoms with van der Waals surface area (Å²) in [5.41, 5.74) is -0.541. The molecule has 17 heavy (non-hydrogen) atoms. The van der Waals surface area contributed by atoms with E-state index in [-0.39, 0.29) is 6.54 Å². The molecule has 0 saturated carbocycles. The Balaban J connectivity index is 3.93. The van der Waals surface area contributed by atoms with Gasteiger partial charge in [-0.3, -0.25) is 4.90 Å². The largest absolute Gasteiger partial charge is 0.444 e. The van der Waals surface area contributed by atoms with Crippen LogP contribution < -0.4 is 0 Å². The molecule has 102 valence electrons. The van der Waals surface area contributed by atoms with Crippen LogP contribution in [0.15, 0.2) is 0 Å². The lowest BCUT2D eigenvalue weighted by Gasteiger charge is -2.26. The normalized spacial score (nSPS) is 12.1. The summed E-state index contributed by atoms with van der Waals surface area (Å²) in [5.74, 6) is 0. The highest BCUT2D eigenvalue weighted by Gasteiger charge is 2.19. The lowest BCUT2D eigenvalue weighted by atomic mass is 10.2. The fourth-order valence-electron chi connectivity index (χ4n) is 1.08. The Kier molecular flexibility index (Phi) is 6.37. The monoisotopic (exact) mass is 252 g/mol. The molecular formula is C11H22F2N2O2. The number of carbonyl (C=O) groups excluding carboxylic acids is 1. The van der Waals surface area contributed by atoms with Gasteiger partial charge in [0, 0.05) is 20.1 Å². The first-order valence-electron chi connectivity index (χ1n) is 5.52. The standard InChI is InChI=1S/C11H22F2N2O2/c1-11(2,3)17-10(16)15(5)7-6-14(4)8-9(12)13/h9H,6-8H2,1-5H3. The fraction of sp³-hybridized carbons (Fsp3) is 0.909. The number of alkyl halides is 2.